The maximum atomic E-state index is 5.58. The average molecular weight is 259 g/mol. The molecule has 4 nitrogen and oxygen atoms in total. The predicted octanol–water partition coefficient (Wildman–Crippen LogP) is 2.39. The van der Waals surface area contributed by atoms with Gasteiger partial charge in [-0.15, -0.1) is 0 Å². The molecule has 2 aromatic rings. The number of nitrogens with one attached hydrogen (secondary N) is 1. The Balaban J connectivity index is 1.78. The zero-order valence-electron chi connectivity index (χ0n) is 11.5. The van der Waals surface area contributed by atoms with Crippen LogP contribution in [0, 0.1) is 0 Å². The van der Waals surface area contributed by atoms with E-state index in [-0.39, 0.29) is 0 Å². The fraction of sp³-hybridized carbons (Fsp3) is 0.400. The summed E-state index contributed by atoms with van der Waals surface area (Å²) in [5.74, 6) is 0. The SMILES string of the molecule is CC(C)NCCOCc1ccn(-c2ccccc2)n1. The van der Waals surface area contributed by atoms with E-state index in [0.29, 0.717) is 19.3 Å². The molecule has 102 valence electrons. The molecule has 0 atom stereocenters. The molecule has 0 aliphatic heterocycles. The van der Waals surface area contributed by atoms with Crippen LogP contribution in [0.4, 0.5) is 0 Å². The van der Waals surface area contributed by atoms with Gasteiger partial charge in [-0.3, -0.25) is 0 Å². The summed E-state index contributed by atoms with van der Waals surface area (Å²) in [5, 5.41) is 7.80. The van der Waals surface area contributed by atoms with Crippen molar-refractivity contribution < 1.29 is 4.74 Å². The highest BCUT2D eigenvalue weighted by molar-refractivity contribution is 5.30. The highest BCUT2D eigenvalue weighted by Crippen LogP contribution is 2.07. The fourth-order valence-electron chi connectivity index (χ4n) is 1.76. The molecule has 1 N–H and O–H groups in total. The smallest absolute Gasteiger partial charge is 0.0907 e. The molecule has 0 saturated carbocycles. The lowest BCUT2D eigenvalue weighted by Gasteiger charge is -2.07. The van der Waals surface area contributed by atoms with E-state index in [1.54, 1.807) is 0 Å². The van der Waals surface area contributed by atoms with E-state index >= 15 is 0 Å². The van der Waals surface area contributed by atoms with Crippen LogP contribution in [0.15, 0.2) is 42.6 Å². The minimum Gasteiger partial charge on any atom is -0.374 e. The highest BCUT2D eigenvalue weighted by Gasteiger charge is 2.01. The van der Waals surface area contributed by atoms with E-state index < -0.39 is 0 Å². The molecular weight excluding hydrogens is 238 g/mol. The van der Waals surface area contributed by atoms with Gasteiger partial charge in [-0.2, -0.15) is 5.10 Å². The minimum atomic E-state index is 0.501. The molecule has 0 unspecified atom stereocenters. The van der Waals surface area contributed by atoms with Crippen molar-refractivity contribution in [2.75, 3.05) is 13.2 Å². The second-order valence-corrected chi connectivity index (χ2v) is 4.75. The molecular formula is C15H21N3O. The number of nitrogens with zero attached hydrogens (tertiary/aromatic N) is 2. The van der Waals surface area contributed by atoms with Gasteiger partial charge in [0.2, 0.25) is 0 Å². The molecule has 1 heterocycles. The van der Waals surface area contributed by atoms with Crippen molar-refractivity contribution in [1.82, 2.24) is 15.1 Å². The summed E-state index contributed by atoms with van der Waals surface area (Å²) in [6.45, 7) is 6.39. The van der Waals surface area contributed by atoms with Crippen molar-refractivity contribution in [2.45, 2.75) is 26.5 Å². The van der Waals surface area contributed by atoms with Gasteiger partial charge in [0.15, 0.2) is 0 Å². The zero-order valence-corrected chi connectivity index (χ0v) is 11.5. The molecule has 0 saturated heterocycles. The van der Waals surface area contributed by atoms with Gasteiger partial charge in [-0.25, -0.2) is 4.68 Å². The van der Waals surface area contributed by atoms with Crippen LogP contribution < -0.4 is 5.32 Å². The zero-order chi connectivity index (χ0) is 13.5. The lowest BCUT2D eigenvalue weighted by atomic mass is 10.3. The average Bonchev–Trinajstić information content (AvgIpc) is 2.88. The van der Waals surface area contributed by atoms with Gasteiger partial charge in [-0.05, 0) is 18.2 Å². The monoisotopic (exact) mass is 259 g/mol. The van der Waals surface area contributed by atoms with Crippen LogP contribution in [0.5, 0.6) is 0 Å². The van der Waals surface area contributed by atoms with Gasteiger partial charge < -0.3 is 10.1 Å². The first-order chi connectivity index (χ1) is 9.25. The normalized spacial score (nSPS) is 11.1. The number of ether oxygens (including phenoxy) is 1. The van der Waals surface area contributed by atoms with E-state index in [1.807, 2.05) is 47.3 Å². The van der Waals surface area contributed by atoms with Gasteiger partial charge in [0.1, 0.15) is 0 Å². The molecule has 1 aromatic heterocycles. The third-order valence-corrected chi connectivity index (χ3v) is 2.71. The molecule has 0 aliphatic rings. The highest BCUT2D eigenvalue weighted by atomic mass is 16.5. The fourth-order valence-corrected chi connectivity index (χ4v) is 1.76. The van der Waals surface area contributed by atoms with Gasteiger partial charge in [0.05, 0.1) is 24.6 Å². The molecule has 0 aliphatic carbocycles. The molecule has 4 heteroatoms. The number of para-hydroxylation sites is 1. The van der Waals surface area contributed by atoms with Crippen molar-refractivity contribution in [3.63, 3.8) is 0 Å². The summed E-state index contributed by atoms with van der Waals surface area (Å²) < 4.78 is 7.45. The summed E-state index contributed by atoms with van der Waals surface area (Å²) in [4.78, 5) is 0. The summed E-state index contributed by atoms with van der Waals surface area (Å²) in [6.07, 6.45) is 1.96. The molecule has 0 bridgehead atoms. The van der Waals surface area contributed by atoms with E-state index in [0.717, 1.165) is 17.9 Å². The Labute approximate surface area is 114 Å². The van der Waals surface area contributed by atoms with Crippen LogP contribution in [0.2, 0.25) is 0 Å². The molecule has 0 amide bonds. The summed E-state index contributed by atoms with van der Waals surface area (Å²) in [6, 6.07) is 12.6. The molecule has 0 fully saturated rings. The maximum absolute atomic E-state index is 5.58. The second kappa shape index (κ2) is 7.07. The van der Waals surface area contributed by atoms with Crippen LogP contribution in [-0.4, -0.2) is 29.0 Å². The van der Waals surface area contributed by atoms with Gasteiger partial charge in [0, 0.05) is 18.8 Å². The Morgan fingerprint density at radius 2 is 2.00 bits per heavy atom. The first-order valence-electron chi connectivity index (χ1n) is 6.67. The van der Waals surface area contributed by atoms with Crippen molar-refractivity contribution in [1.29, 1.82) is 0 Å². The van der Waals surface area contributed by atoms with Gasteiger partial charge in [-0.1, -0.05) is 32.0 Å². The quantitative estimate of drug-likeness (QED) is 0.776. The lowest BCUT2D eigenvalue weighted by molar-refractivity contribution is 0.118. The third-order valence-electron chi connectivity index (χ3n) is 2.71. The first kappa shape index (κ1) is 13.8. The van der Waals surface area contributed by atoms with Crippen LogP contribution in [-0.2, 0) is 11.3 Å². The van der Waals surface area contributed by atoms with E-state index in [4.69, 9.17) is 4.74 Å². The van der Waals surface area contributed by atoms with E-state index in [9.17, 15) is 0 Å². The van der Waals surface area contributed by atoms with Crippen LogP contribution in [0.3, 0.4) is 0 Å². The number of hydrogen-bond acceptors (Lipinski definition) is 3. The first-order valence-corrected chi connectivity index (χ1v) is 6.67. The minimum absolute atomic E-state index is 0.501. The largest absolute Gasteiger partial charge is 0.374 e. The van der Waals surface area contributed by atoms with Crippen LogP contribution >= 0.6 is 0 Å². The van der Waals surface area contributed by atoms with Crippen molar-refractivity contribution in [3.8, 4) is 5.69 Å². The van der Waals surface area contributed by atoms with Crippen LogP contribution in [0.25, 0.3) is 5.69 Å². The predicted molar refractivity (Wildman–Crippen MR) is 76.4 cm³/mol. The Kier molecular flexibility index (Phi) is 5.12. The molecule has 2 rings (SSSR count). The Morgan fingerprint density at radius 3 is 2.74 bits per heavy atom. The van der Waals surface area contributed by atoms with Crippen molar-refractivity contribution in [2.24, 2.45) is 0 Å². The Morgan fingerprint density at radius 1 is 1.21 bits per heavy atom. The number of hydrogen-bond donors (Lipinski definition) is 1. The molecule has 0 radical (unpaired) electrons. The molecule has 0 spiro atoms. The number of rotatable bonds is 7. The van der Waals surface area contributed by atoms with E-state index in [1.165, 1.54) is 0 Å². The Hall–Kier alpha value is -1.65. The van der Waals surface area contributed by atoms with Gasteiger partial charge in [0.25, 0.3) is 0 Å². The Bertz CT molecular complexity index is 479. The number of benzene rings is 1. The maximum Gasteiger partial charge on any atom is 0.0907 e. The summed E-state index contributed by atoms with van der Waals surface area (Å²) >= 11 is 0. The molecule has 19 heavy (non-hydrogen) atoms. The number of aromatic nitrogens is 2. The molecule has 1 aromatic carbocycles. The topological polar surface area (TPSA) is 39.1 Å². The van der Waals surface area contributed by atoms with E-state index in [2.05, 4.69) is 24.3 Å². The standard InChI is InChI=1S/C15H21N3O/c1-13(2)16-9-11-19-12-14-8-10-18(17-14)15-6-4-3-5-7-15/h3-8,10,13,16H,9,11-12H2,1-2H3. The second-order valence-electron chi connectivity index (χ2n) is 4.75. The van der Waals surface area contributed by atoms with Crippen molar-refractivity contribution in [3.05, 3.63) is 48.3 Å². The summed E-state index contributed by atoms with van der Waals surface area (Å²) in [5.41, 5.74) is 2.02. The summed E-state index contributed by atoms with van der Waals surface area (Å²) in [7, 11) is 0. The lowest BCUT2D eigenvalue weighted by Crippen LogP contribution is -2.26. The third kappa shape index (κ3) is 4.50. The van der Waals surface area contributed by atoms with Crippen molar-refractivity contribution >= 4 is 0 Å². The van der Waals surface area contributed by atoms with Crippen LogP contribution in [0.1, 0.15) is 19.5 Å². The van der Waals surface area contributed by atoms with Gasteiger partial charge >= 0.3 is 0 Å².